The summed E-state index contributed by atoms with van der Waals surface area (Å²) >= 11 is 0. The first-order valence-electron chi connectivity index (χ1n) is 7.52. The number of anilines is 2. The van der Waals surface area contributed by atoms with E-state index in [0.29, 0.717) is 5.69 Å². The van der Waals surface area contributed by atoms with Crippen LogP contribution in [0.15, 0.2) is 29.1 Å². The Kier molecular flexibility index (Phi) is 4.83. The zero-order valence-corrected chi connectivity index (χ0v) is 13.9. The number of nitrogens with two attached hydrogens (primary N) is 1. The Balaban J connectivity index is 2.21. The summed E-state index contributed by atoms with van der Waals surface area (Å²) in [7, 11) is 0. The second-order valence-corrected chi connectivity index (χ2v) is 5.98. The summed E-state index contributed by atoms with van der Waals surface area (Å²) in [5.41, 5.74) is 8.86. The minimum Gasteiger partial charge on any atom is -0.369 e. The Hall–Kier alpha value is -2.63. The summed E-state index contributed by atoms with van der Waals surface area (Å²) in [6.45, 7) is 7.56. The van der Waals surface area contributed by atoms with E-state index in [9.17, 15) is 9.59 Å². The molecule has 1 amide bonds. The molecule has 2 rings (SSSR count). The first-order valence-corrected chi connectivity index (χ1v) is 7.52. The van der Waals surface area contributed by atoms with Crippen molar-refractivity contribution in [2.75, 3.05) is 11.1 Å². The van der Waals surface area contributed by atoms with Crippen molar-refractivity contribution in [3.8, 4) is 0 Å². The second-order valence-electron chi connectivity index (χ2n) is 5.98. The molecule has 1 aromatic carbocycles. The van der Waals surface area contributed by atoms with Gasteiger partial charge >= 0.3 is 0 Å². The van der Waals surface area contributed by atoms with Gasteiger partial charge in [0.2, 0.25) is 11.9 Å². The maximum atomic E-state index is 12.2. The lowest BCUT2D eigenvalue weighted by molar-refractivity contribution is -0.116. The van der Waals surface area contributed by atoms with Crippen LogP contribution in [0, 0.1) is 13.8 Å². The van der Waals surface area contributed by atoms with E-state index in [1.54, 1.807) is 0 Å². The number of amides is 1. The number of hydrogen-bond acceptors (Lipinski definition) is 4. The van der Waals surface area contributed by atoms with E-state index in [4.69, 9.17) is 5.73 Å². The second kappa shape index (κ2) is 6.64. The molecule has 2 aromatic rings. The Morgan fingerprint density at radius 2 is 2.00 bits per heavy atom. The number of nitrogens with zero attached hydrogens (tertiary/aromatic N) is 2. The molecule has 0 atom stereocenters. The summed E-state index contributed by atoms with van der Waals surface area (Å²) in [5.74, 6) is -0.160. The van der Waals surface area contributed by atoms with Crippen LogP contribution < -0.4 is 16.6 Å². The molecule has 0 fully saturated rings. The first-order chi connectivity index (χ1) is 10.8. The minimum atomic E-state index is -0.322. The summed E-state index contributed by atoms with van der Waals surface area (Å²) < 4.78 is 1.17. The van der Waals surface area contributed by atoms with Crippen molar-refractivity contribution in [2.24, 2.45) is 0 Å². The molecule has 0 spiro atoms. The molecule has 0 unspecified atom stereocenters. The van der Waals surface area contributed by atoms with E-state index in [2.05, 4.69) is 10.3 Å². The van der Waals surface area contributed by atoms with Crippen LogP contribution >= 0.6 is 0 Å². The number of rotatable bonds is 4. The highest BCUT2D eigenvalue weighted by Crippen LogP contribution is 2.16. The van der Waals surface area contributed by atoms with Gasteiger partial charge in [0.25, 0.3) is 5.56 Å². The molecule has 0 aliphatic carbocycles. The van der Waals surface area contributed by atoms with Crippen LogP contribution in [0.25, 0.3) is 0 Å². The average molecular weight is 314 g/mol. The molecule has 0 aliphatic rings. The Labute approximate surface area is 135 Å². The smallest absolute Gasteiger partial charge is 0.255 e. The third-order valence-electron chi connectivity index (χ3n) is 3.62. The molecular weight excluding hydrogens is 292 g/mol. The molecule has 0 radical (unpaired) electrons. The van der Waals surface area contributed by atoms with E-state index >= 15 is 0 Å². The third-order valence-corrected chi connectivity index (χ3v) is 3.62. The SMILES string of the molecule is Cc1ccc(C)c(NC(=O)Cn2c(N)nc(C(C)C)cc2=O)c1. The lowest BCUT2D eigenvalue weighted by Crippen LogP contribution is -2.30. The lowest BCUT2D eigenvalue weighted by Gasteiger charge is -2.13. The maximum absolute atomic E-state index is 12.2. The molecule has 0 aliphatic heterocycles. The predicted molar refractivity (Wildman–Crippen MR) is 91.5 cm³/mol. The van der Waals surface area contributed by atoms with Crippen LogP contribution in [0.5, 0.6) is 0 Å². The zero-order valence-electron chi connectivity index (χ0n) is 13.9. The quantitative estimate of drug-likeness (QED) is 0.905. The van der Waals surface area contributed by atoms with Crippen LogP contribution in [0.4, 0.5) is 11.6 Å². The molecule has 3 N–H and O–H groups in total. The van der Waals surface area contributed by atoms with E-state index in [-0.39, 0.29) is 29.9 Å². The van der Waals surface area contributed by atoms with Crippen molar-refractivity contribution in [2.45, 2.75) is 40.2 Å². The van der Waals surface area contributed by atoms with Crippen LogP contribution in [0.1, 0.15) is 36.6 Å². The topological polar surface area (TPSA) is 90.0 Å². The molecule has 1 heterocycles. The largest absolute Gasteiger partial charge is 0.369 e. The number of carbonyl (C=O) groups excluding carboxylic acids is 1. The van der Waals surface area contributed by atoms with E-state index in [1.807, 2.05) is 45.9 Å². The number of aryl methyl sites for hydroxylation is 2. The first kappa shape index (κ1) is 16.7. The fourth-order valence-corrected chi connectivity index (χ4v) is 2.20. The van der Waals surface area contributed by atoms with Crippen LogP contribution in [0.2, 0.25) is 0 Å². The summed E-state index contributed by atoms with van der Waals surface area (Å²) in [5, 5.41) is 2.81. The van der Waals surface area contributed by atoms with Gasteiger partial charge in [0.1, 0.15) is 6.54 Å². The molecule has 6 heteroatoms. The van der Waals surface area contributed by atoms with Crippen molar-refractivity contribution in [3.05, 3.63) is 51.4 Å². The van der Waals surface area contributed by atoms with Crippen molar-refractivity contribution in [1.29, 1.82) is 0 Å². The van der Waals surface area contributed by atoms with E-state index < -0.39 is 0 Å². The molecule has 122 valence electrons. The number of aromatic nitrogens is 2. The van der Waals surface area contributed by atoms with Gasteiger partial charge < -0.3 is 11.1 Å². The van der Waals surface area contributed by atoms with E-state index in [1.165, 1.54) is 10.6 Å². The summed E-state index contributed by atoms with van der Waals surface area (Å²) in [4.78, 5) is 28.5. The van der Waals surface area contributed by atoms with Gasteiger partial charge in [0, 0.05) is 11.8 Å². The fourth-order valence-electron chi connectivity index (χ4n) is 2.20. The monoisotopic (exact) mass is 314 g/mol. The average Bonchev–Trinajstić information content (AvgIpc) is 2.46. The van der Waals surface area contributed by atoms with E-state index in [0.717, 1.165) is 16.8 Å². The lowest BCUT2D eigenvalue weighted by atomic mass is 10.1. The van der Waals surface area contributed by atoms with Gasteiger partial charge in [-0.3, -0.25) is 14.2 Å². The molecule has 0 saturated heterocycles. The molecule has 23 heavy (non-hydrogen) atoms. The predicted octanol–water partition coefficient (Wildman–Crippen LogP) is 2.20. The minimum absolute atomic E-state index is 0.0531. The maximum Gasteiger partial charge on any atom is 0.255 e. The van der Waals surface area contributed by atoms with Crippen molar-refractivity contribution >= 4 is 17.5 Å². The number of nitrogen functional groups attached to an aromatic ring is 1. The highest BCUT2D eigenvalue weighted by Gasteiger charge is 2.12. The van der Waals surface area contributed by atoms with Crippen LogP contribution in [0.3, 0.4) is 0 Å². The third kappa shape index (κ3) is 3.97. The fraction of sp³-hybridized carbons (Fsp3) is 0.353. The van der Waals surface area contributed by atoms with Crippen LogP contribution in [-0.2, 0) is 11.3 Å². The van der Waals surface area contributed by atoms with Gasteiger partial charge in [0.05, 0.1) is 5.69 Å². The number of hydrogen-bond donors (Lipinski definition) is 2. The van der Waals surface area contributed by atoms with Crippen molar-refractivity contribution < 1.29 is 4.79 Å². The van der Waals surface area contributed by atoms with Gasteiger partial charge in [-0.15, -0.1) is 0 Å². The van der Waals surface area contributed by atoms with Gasteiger partial charge in [-0.1, -0.05) is 26.0 Å². The van der Waals surface area contributed by atoms with Crippen molar-refractivity contribution in [3.63, 3.8) is 0 Å². The van der Waals surface area contributed by atoms with Gasteiger partial charge in [-0.2, -0.15) is 0 Å². The molecule has 0 saturated carbocycles. The van der Waals surface area contributed by atoms with Crippen molar-refractivity contribution in [1.82, 2.24) is 9.55 Å². The number of nitrogens with one attached hydrogen (secondary N) is 1. The summed E-state index contributed by atoms with van der Waals surface area (Å²) in [6, 6.07) is 7.22. The molecule has 6 nitrogen and oxygen atoms in total. The molecular formula is C17H22N4O2. The zero-order chi connectivity index (χ0) is 17.1. The Morgan fingerprint density at radius 3 is 2.61 bits per heavy atom. The highest BCUT2D eigenvalue weighted by atomic mass is 16.2. The number of carbonyl (C=O) groups is 1. The van der Waals surface area contributed by atoms with Gasteiger partial charge in [-0.05, 0) is 37.0 Å². The standard InChI is InChI=1S/C17H22N4O2/c1-10(2)13-8-16(23)21(17(18)20-13)9-15(22)19-14-7-11(3)5-6-12(14)4/h5-8,10H,9H2,1-4H3,(H2,18,20)(H,19,22). The van der Waals surface area contributed by atoms with Gasteiger partial charge in [-0.25, -0.2) is 4.98 Å². The Morgan fingerprint density at radius 1 is 1.30 bits per heavy atom. The molecule has 0 bridgehead atoms. The Bertz CT molecular complexity index is 794. The summed E-state index contributed by atoms with van der Waals surface area (Å²) in [6.07, 6.45) is 0. The number of benzene rings is 1. The highest BCUT2D eigenvalue weighted by molar-refractivity contribution is 5.91. The van der Waals surface area contributed by atoms with Gasteiger partial charge in [0.15, 0.2) is 0 Å². The molecule has 1 aromatic heterocycles. The van der Waals surface area contributed by atoms with Crippen LogP contribution in [-0.4, -0.2) is 15.5 Å². The normalized spacial score (nSPS) is 10.8.